The van der Waals surface area contributed by atoms with Crippen LogP contribution in [0.15, 0.2) is 0 Å². The molecule has 2 N–H and O–H groups in total. The third-order valence-electron chi connectivity index (χ3n) is 2.80. The van der Waals surface area contributed by atoms with Crippen LogP contribution in [0.4, 0.5) is 0 Å². The smallest absolute Gasteiger partial charge is 0.281 e. The molecule has 0 amide bonds. The molecule has 1 aliphatic heterocycles. The summed E-state index contributed by atoms with van der Waals surface area (Å²) in [6, 6.07) is 0. The molecule has 0 spiro atoms. The highest BCUT2D eigenvalue weighted by Crippen LogP contribution is 2.09. The van der Waals surface area contributed by atoms with Crippen molar-refractivity contribution in [1.82, 2.24) is 13.5 Å². The molecule has 0 aromatic carbocycles. The van der Waals surface area contributed by atoms with Crippen molar-refractivity contribution in [2.45, 2.75) is 6.42 Å². The molecule has 0 aliphatic carbocycles. The zero-order valence-electron chi connectivity index (χ0n) is 10.1. The fraction of sp³-hybridized carbons (Fsp3) is 1.00. The lowest BCUT2D eigenvalue weighted by molar-refractivity contribution is 0.183. The van der Waals surface area contributed by atoms with E-state index in [4.69, 9.17) is 5.73 Å². The summed E-state index contributed by atoms with van der Waals surface area (Å²) in [4.78, 5) is 2.26. The van der Waals surface area contributed by atoms with Gasteiger partial charge in [0.15, 0.2) is 0 Å². The van der Waals surface area contributed by atoms with Gasteiger partial charge < -0.3 is 10.6 Å². The van der Waals surface area contributed by atoms with Gasteiger partial charge in [0.1, 0.15) is 0 Å². The Bertz CT molecular complexity index is 297. The molecule has 1 rings (SSSR count). The summed E-state index contributed by atoms with van der Waals surface area (Å²) in [6.45, 7) is 4.40. The van der Waals surface area contributed by atoms with Gasteiger partial charge in [-0.25, -0.2) is 0 Å². The van der Waals surface area contributed by atoms with Crippen LogP contribution >= 0.6 is 0 Å². The highest BCUT2D eigenvalue weighted by atomic mass is 32.2. The van der Waals surface area contributed by atoms with E-state index in [0.717, 1.165) is 26.1 Å². The normalized spacial score (nSPS) is 20.5. The molecule has 6 nitrogen and oxygen atoms in total. The van der Waals surface area contributed by atoms with E-state index in [1.807, 2.05) is 0 Å². The molecule has 1 aliphatic rings. The molecule has 0 aromatic rings. The first kappa shape index (κ1) is 13.9. The monoisotopic (exact) mass is 250 g/mol. The zero-order chi connectivity index (χ0) is 12.2. The van der Waals surface area contributed by atoms with Gasteiger partial charge in [-0.15, -0.1) is 0 Å². The molecular formula is C9H22N4O2S. The topological polar surface area (TPSA) is 69.9 Å². The van der Waals surface area contributed by atoms with Crippen LogP contribution in [0.5, 0.6) is 0 Å². The second-order valence-corrected chi connectivity index (χ2v) is 6.32. The Hall–Kier alpha value is -0.210. The molecule has 1 fully saturated rings. The lowest BCUT2D eigenvalue weighted by atomic mass is 10.3. The van der Waals surface area contributed by atoms with Crippen molar-refractivity contribution in [1.29, 1.82) is 0 Å². The predicted octanol–water partition coefficient (Wildman–Crippen LogP) is -1.24. The number of hydrogen-bond donors (Lipinski definition) is 1. The molecule has 96 valence electrons. The average molecular weight is 250 g/mol. The molecule has 1 heterocycles. The van der Waals surface area contributed by atoms with Gasteiger partial charge in [-0.05, 0) is 19.5 Å². The van der Waals surface area contributed by atoms with Crippen molar-refractivity contribution in [3.63, 3.8) is 0 Å². The van der Waals surface area contributed by atoms with E-state index in [9.17, 15) is 8.42 Å². The summed E-state index contributed by atoms with van der Waals surface area (Å²) in [5.74, 6) is 0. The molecule has 1 saturated heterocycles. The van der Waals surface area contributed by atoms with Gasteiger partial charge in [0, 0.05) is 40.3 Å². The van der Waals surface area contributed by atoms with Gasteiger partial charge >= 0.3 is 0 Å². The predicted molar refractivity (Wildman–Crippen MR) is 64.3 cm³/mol. The van der Waals surface area contributed by atoms with E-state index in [-0.39, 0.29) is 0 Å². The van der Waals surface area contributed by atoms with Gasteiger partial charge in [-0.3, -0.25) is 0 Å². The quantitative estimate of drug-likeness (QED) is 0.662. The number of nitrogens with zero attached hydrogens (tertiary/aromatic N) is 3. The van der Waals surface area contributed by atoms with Gasteiger partial charge in [-0.1, -0.05) is 0 Å². The van der Waals surface area contributed by atoms with E-state index in [1.54, 1.807) is 14.1 Å². The molecular weight excluding hydrogens is 228 g/mol. The first-order valence-corrected chi connectivity index (χ1v) is 6.98. The maximum absolute atomic E-state index is 11.8. The minimum atomic E-state index is -3.23. The van der Waals surface area contributed by atoms with E-state index in [0.29, 0.717) is 19.6 Å². The molecule has 0 unspecified atom stereocenters. The molecule has 0 radical (unpaired) electrons. The lowest BCUT2D eigenvalue weighted by Gasteiger charge is -2.35. The maximum Gasteiger partial charge on any atom is 0.281 e. The number of rotatable bonds is 5. The maximum atomic E-state index is 11.8. The van der Waals surface area contributed by atoms with Crippen LogP contribution in [0.3, 0.4) is 0 Å². The summed E-state index contributed by atoms with van der Waals surface area (Å²) in [6.07, 6.45) is 0.973. The third-order valence-corrected chi connectivity index (χ3v) is 4.74. The Labute approximate surface area is 98.2 Å². The van der Waals surface area contributed by atoms with Crippen LogP contribution in [0.1, 0.15) is 6.42 Å². The molecule has 0 atom stereocenters. The van der Waals surface area contributed by atoms with Gasteiger partial charge in [0.2, 0.25) is 0 Å². The molecule has 16 heavy (non-hydrogen) atoms. The van der Waals surface area contributed by atoms with E-state index in [2.05, 4.69) is 4.90 Å². The summed E-state index contributed by atoms with van der Waals surface area (Å²) in [7, 11) is -0.0974. The molecule has 0 aromatic heterocycles. The van der Waals surface area contributed by atoms with Crippen molar-refractivity contribution in [2.24, 2.45) is 5.73 Å². The highest BCUT2D eigenvalue weighted by molar-refractivity contribution is 7.86. The van der Waals surface area contributed by atoms with Crippen LogP contribution in [0.25, 0.3) is 0 Å². The first-order valence-electron chi connectivity index (χ1n) is 5.58. The summed E-state index contributed by atoms with van der Waals surface area (Å²) in [5.41, 5.74) is 5.44. The Morgan fingerprint density at radius 1 is 1.19 bits per heavy atom. The second kappa shape index (κ2) is 5.92. The third kappa shape index (κ3) is 3.39. The SMILES string of the molecule is CN(C)S(=O)(=O)N1CCN(CCCN)CC1. The summed E-state index contributed by atoms with van der Waals surface area (Å²) in [5, 5.41) is 0. The average Bonchev–Trinajstić information content (AvgIpc) is 2.26. The van der Waals surface area contributed by atoms with Crippen LogP contribution in [0.2, 0.25) is 0 Å². The Kier molecular flexibility index (Phi) is 5.13. The largest absolute Gasteiger partial charge is 0.330 e. The fourth-order valence-electron chi connectivity index (χ4n) is 1.73. The van der Waals surface area contributed by atoms with Gasteiger partial charge in [0.25, 0.3) is 10.2 Å². The van der Waals surface area contributed by atoms with Crippen LogP contribution in [0, 0.1) is 0 Å². The van der Waals surface area contributed by atoms with Gasteiger partial charge in [0.05, 0.1) is 0 Å². The lowest BCUT2D eigenvalue weighted by Crippen LogP contribution is -2.51. The van der Waals surface area contributed by atoms with E-state index in [1.165, 1.54) is 8.61 Å². The second-order valence-electron chi connectivity index (χ2n) is 4.17. The minimum Gasteiger partial charge on any atom is -0.330 e. The van der Waals surface area contributed by atoms with Crippen LogP contribution in [-0.4, -0.2) is 75.3 Å². The Morgan fingerprint density at radius 2 is 1.75 bits per heavy atom. The zero-order valence-corrected chi connectivity index (χ0v) is 10.9. The number of piperazine rings is 1. The Morgan fingerprint density at radius 3 is 2.19 bits per heavy atom. The number of nitrogens with two attached hydrogens (primary N) is 1. The van der Waals surface area contributed by atoms with E-state index >= 15 is 0 Å². The minimum absolute atomic E-state index is 0.574. The Balaban J connectivity index is 2.43. The first-order chi connectivity index (χ1) is 7.48. The molecule has 0 saturated carbocycles. The summed E-state index contributed by atoms with van der Waals surface area (Å²) < 4.78 is 26.4. The fourth-order valence-corrected chi connectivity index (χ4v) is 2.82. The molecule has 7 heteroatoms. The van der Waals surface area contributed by atoms with Crippen LogP contribution < -0.4 is 5.73 Å². The summed E-state index contributed by atoms with van der Waals surface area (Å²) >= 11 is 0. The van der Waals surface area contributed by atoms with Crippen molar-refractivity contribution in [2.75, 3.05) is 53.4 Å². The van der Waals surface area contributed by atoms with Crippen LogP contribution in [-0.2, 0) is 10.2 Å². The van der Waals surface area contributed by atoms with Crippen molar-refractivity contribution < 1.29 is 8.42 Å². The molecule has 0 bridgehead atoms. The number of hydrogen-bond acceptors (Lipinski definition) is 4. The van der Waals surface area contributed by atoms with Crippen molar-refractivity contribution in [3.05, 3.63) is 0 Å². The van der Waals surface area contributed by atoms with Crippen molar-refractivity contribution in [3.8, 4) is 0 Å². The van der Waals surface area contributed by atoms with Crippen molar-refractivity contribution >= 4 is 10.2 Å². The highest BCUT2D eigenvalue weighted by Gasteiger charge is 2.27. The van der Waals surface area contributed by atoms with E-state index < -0.39 is 10.2 Å². The van der Waals surface area contributed by atoms with Gasteiger partial charge in [-0.2, -0.15) is 17.0 Å². The standard InChI is InChI=1S/C9H22N4O2S/c1-11(2)16(14,15)13-8-6-12(7-9-13)5-3-4-10/h3-10H2,1-2H3.